The minimum Gasteiger partial charge on any atom is -0.376 e. The molecule has 98 valence electrons. The lowest BCUT2D eigenvalue weighted by Crippen LogP contribution is -2.21. The Morgan fingerprint density at radius 1 is 1.11 bits per heavy atom. The van der Waals surface area contributed by atoms with Crippen molar-refractivity contribution in [3.8, 4) is 0 Å². The molecule has 2 aromatic rings. The summed E-state index contributed by atoms with van der Waals surface area (Å²) in [4.78, 5) is 11.8. The first-order valence-electron chi connectivity index (χ1n) is 6.00. The lowest BCUT2D eigenvalue weighted by molar-refractivity contribution is -0.114. The van der Waals surface area contributed by atoms with E-state index in [9.17, 15) is 4.79 Å². The molecule has 0 unspecified atom stereocenters. The Morgan fingerprint density at radius 2 is 1.84 bits per heavy atom. The summed E-state index contributed by atoms with van der Waals surface area (Å²) in [6.45, 7) is 2.25. The van der Waals surface area contributed by atoms with Crippen LogP contribution in [0.3, 0.4) is 0 Å². The van der Waals surface area contributed by atoms with Crippen molar-refractivity contribution in [1.82, 2.24) is 0 Å². The van der Waals surface area contributed by atoms with Crippen LogP contribution in [0.5, 0.6) is 0 Å². The lowest BCUT2D eigenvalue weighted by atomic mass is 10.2. The summed E-state index contributed by atoms with van der Waals surface area (Å²) in [5.41, 5.74) is 2.86. The van der Waals surface area contributed by atoms with Crippen LogP contribution in [-0.2, 0) is 4.79 Å². The quantitative estimate of drug-likeness (QED) is 0.900. The molecule has 0 heterocycles. The van der Waals surface area contributed by atoms with Crippen molar-refractivity contribution in [3.63, 3.8) is 0 Å². The number of benzene rings is 2. The van der Waals surface area contributed by atoms with Gasteiger partial charge in [0, 0.05) is 15.8 Å². The molecule has 0 saturated heterocycles. The second-order valence-corrected chi connectivity index (χ2v) is 5.09. The van der Waals surface area contributed by atoms with Crippen LogP contribution in [0.2, 0.25) is 0 Å². The molecule has 3 nitrogen and oxygen atoms in total. The number of carbonyl (C=O) groups excluding carboxylic acids is 1. The predicted molar refractivity (Wildman–Crippen MR) is 82.4 cm³/mol. The molecule has 0 aliphatic rings. The number of para-hydroxylation sites is 1. The Morgan fingerprint density at radius 3 is 2.53 bits per heavy atom. The number of anilines is 2. The van der Waals surface area contributed by atoms with Crippen LogP contribution < -0.4 is 10.6 Å². The SMILES string of the molecule is Cc1ccc(NC(=O)CNc2ccccc2)cc1Br. The first kappa shape index (κ1) is 13.6. The summed E-state index contributed by atoms with van der Waals surface area (Å²) >= 11 is 3.44. The van der Waals surface area contributed by atoms with Gasteiger partial charge in [0.25, 0.3) is 0 Å². The van der Waals surface area contributed by atoms with Crippen molar-refractivity contribution in [2.24, 2.45) is 0 Å². The van der Waals surface area contributed by atoms with Crippen molar-refractivity contribution in [3.05, 3.63) is 58.6 Å². The van der Waals surface area contributed by atoms with E-state index in [-0.39, 0.29) is 12.5 Å². The molecule has 1 amide bonds. The van der Waals surface area contributed by atoms with Gasteiger partial charge in [0.2, 0.25) is 5.91 Å². The Labute approximate surface area is 121 Å². The predicted octanol–water partition coefficient (Wildman–Crippen LogP) is 3.81. The van der Waals surface area contributed by atoms with E-state index in [1.54, 1.807) is 0 Å². The van der Waals surface area contributed by atoms with Crippen LogP contribution in [0.25, 0.3) is 0 Å². The highest BCUT2D eigenvalue weighted by atomic mass is 79.9. The Hall–Kier alpha value is -1.81. The Balaban J connectivity index is 1.89. The minimum absolute atomic E-state index is 0.0698. The second-order valence-electron chi connectivity index (χ2n) is 4.23. The van der Waals surface area contributed by atoms with Crippen LogP contribution in [0.1, 0.15) is 5.56 Å². The highest BCUT2D eigenvalue weighted by molar-refractivity contribution is 9.10. The number of hydrogen-bond donors (Lipinski definition) is 2. The van der Waals surface area contributed by atoms with E-state index in [4.69, 9.17) is 0 Å². The van der Waals surface area contributed by atoms with Crippen molar-refractivity contribution in [1.29, 1.82) is 0 Å². The molecule has 0 bridgehead atoms. The van der Waals surface area contributed by atoms with Gasteiger partial charge in [-0.15, -0.1) is 0 Å². The van der Waals surface area contributed by atoms with Crippen molar-refractivity contribution >= 4 is 33.2 Å². The molecule has 0 aliphatic carbocycles. The van der Waals surface area contributed by atoms with Crippen LogP contribution in [-0.4, -0.2) is 12.5 Å². The van der Waals surface area contributed by atoms with E-state index in [0.717, 1.165) is 21.4 Å². The van der Waals surface area contributed by atoms with Gasteiger partial charge in [0.1, 0.15) is 0 Å². The van der Waals surface area contributed by atoms with Crippen LogP contribution >= 0.6 is 15.9 Å². The molecule has 0 aliphatic heterocycles. The monoisotopic (exact) mass is 318 g/mol. The molecule has 0 aromatic heterocycles. The van der Waals surface area contributed by atoms with Gasteiger partial charge in [-0.1, -0.05) is 40.2 Å². The summed E-state index contributed by atoms with van der Waals surface area (Å²) in [7, 11) is 0. The maximum Gasteiger partial charge on any atom is 0.243 e. The maximum absolute atomic E-state index is 11.8. The molecule has 0 spiro atoms. The smallest absolute Gasteiger partial charge is 0.243 e. The molecular weight excluding hydrogens is 304 g/mol. The number of amides is 1. The fraction of sp³-hybridized carbons (Fsp3) is 0.133. The number of rotatable bonds is 4. The van der Waals surface area contributed by atoms with Crippen LogP contribution in [0.4, 0.5) is 11.4 Å². The molecule has 2 N–H and O–H groups in total. The van der Waals surface area contributed by atoms with E-state index in [0.29, 0.717) is 0 Å². The fourth-order valence-electron chi connectivity index (χ4n) is 1.61. The molecule has 0 saturated carbocycles. The van der Waals surface area contributed by atoms with E-state index in [2.05, 4.69) is 26.6 Å². The number of hydrogen-bond acceptors (Lipinski definition) is 2. The fourth-order valence-corrected chi connectivity index (χ4v) is 1.99. The van der Waals surface area contributed by atoms with Gasteiger partial charge in [0.05, 0.1) is 6.54 Å². The van der Waals surface area contributed by atoms with E-state index < -0.39 is 0 Å². The Kier molecular flexibility index (Phi) is 4.58. The summed E-state index contributed by atoms with van der Waals surface area (Å²) in [5.74, 6) is -0.0698. The standard InChI is InChI=1S/C15H15BrN2O/c1-11-7-8-13(9-14(11)16)18-15(19)10-17-12-5-3-2-4-6-12/h2-9,17H,10H2,1H3,(H,18,19). The highest BCUT2D eigenvalue weighted by Gasteiger charge is 2.03. The number of nitrogens with one attached hydrogen (secondary N) is 2. The molecule has 0 atom stereocenters. The normalized spacial score (nSPS) is 10.0. The highest BCUT2D eigenvalue weighted by Crippen LogP contribution is 2.20. The van der Waals surface area contributed by atoms with Crippen LogP contribution in [0, 0.1) is 6.92 Å². The minimum atomic E-state index is -0.0698. The lowest BCUT2D eigenvalue weighted by Gasteiger charge is -2.08. The third-order valence-electron chi connectivity index (χ3n) is 2.68. The van der Waals surface area contributed by atoms with Gasteiger partial charge in [-0.3, -0.25) is 4.79 Å². The average Bonchev–Trinajstić information content (AvgIpc) is 2.42. The molecule has 0 fully saturated rings. The zero-order valence-corrected chi connectivity index (χ0v) is 12.2. The van der Waals surface area contributed by atoms with E-state index in [1.165, 1.54) is 0 Å². The zero-order chi connectivity index (χ0) is 13.7. The van der Waals surface area contributed by atoms with Crippen LogP contribution in [0.15, 0.2) is 53.0 Å². The third kappa shape index (κ3) is 4.10. The molecular formula is C15H15BrN2O. The maximum atomic E-state index is 11.8. The largest absolute Gasteiger partial charge is 0.376 e. The van der Waals surface area contributed by atoms with Crippen molar-refractivity contribution in [2.45, 2.75) is 6.92 Å². The zero-order valence-electron chi connectivity index (χ0n) is 10.6. The van der Waals surface area contributed by atoms with Crippen molar-refractivity contribution in [2.75, 3.05) is 17.2 Å². The number of carbonyl (C=O) groups is 1. The average molecular weight is 319 g/mol. The van der Waals surface area contributed by atoms with E-state index in [1.807, 2.05) is 55.5 Å². The topological polar surface area (TPSA) is 41.1 Å². The van der Waals surface area contributed by atoms with Gasteiger partial charge < -0.3 is 10.6 Å². The molecule has 2 aromatic carbocycles. The summed E-state index contributed by atoms with van der Waals surface area (Å²) in [6, 6.07) is 15.4. The first-order valence-corrected chi connectivity index (χ1v) is 6.79. The summed E-state index contributed by atoms with van der Waals surface area (Å²) in [5, 5.41) is 5.92. The number of aryl methyl sites for hydroxylation is 1. The van der Waals surface area contributed by atoms with Gasteiger partial charge in [-0.05, 0) is 36.8 Å². The van der Waals surface area contributed by atoms with E-state index >= 15 is 0 Å². The molecule has 2 rings (SSSR count). The Bertz CT molecular complexity index is 570. The van der Waals surface area contributed by atoms with Gasteiger partial charge in [-0.2, -0.15) is 0 Å². The van der Waals surface area contributed by atoms with Gasteiger partial charge in [0.15, 0.2) is 0 Å². The van der Waals surface area contributed by atoms with Gasteiger partial charge >= 0.3 is 0 Å². The second kappa shape index (κ2) is 6.38. The van der Waals surface area contributed by atoms with Gasteiger partial charge in [-0.25, -0.2) is 0 Å². The number of halogens is 1. The van der Waals surface area contributed by atoms with Crippen molar-refractivity contribution < 1.29 is 4.79 Å². The first-order chi connectivity index (χ1) is 9.15. The molecule has 4 heteroatoms. The molecule has 0 radical (unpaired) electrons. The molecule has 19 heavy (non-hydrogen) atoms. The summed E-state index contributed by atoms with van der Waals surface area (Å²) < 4.78 is 0.987. The summed E-state index contributed by atoms with van der Waals surface area (Å²) in [6.07, 6.45) is 0. The third-order valence-corrected chi connectivity index (χ3v) is 3.54.